The van der Waals surface area contributed by atoms with E-state index in [1.165, 1.54) is 6.42 Å². The van der Waals surface area contributed by atoms with Crippen molar-refractivity contribution < 1.29 is 9.59 Å². The van der Waals surface area contributed by atoms with Gasteiger partial charge in [-0.3, -0.25) is 9.59 Å². The van der Waals surface area contributed by atoms with Gasteiger partial charge >= 0.3 is 0 Å². The van der Waals surface area contributed by atoms with E-state index in [1.807, 2.05) is 6.92 Å². The molecular formula is C11H19NO2. The molecule has 0 saturated heterocycles. The molecule has 0 aliphatic heterocycles. The highest BCUT2D eigenvalue weighted by Crippen LogP contribution is 2.27. The minimum atomic E-state index is -0.543. The summed E-state index contributed by atoms with van der Waals surface area (Å²) in [6, 6.07) is 0. The fraction of sp³-hybridized carbons (Fsp3) is 0.818. The van der Waals surface area contributed by atoms with E-state index in [9.17, 15) is 9.59 Å². The number of amides is 1. The van der Waals surface area contributed by atoms with Crippen LogP contribution in [0.2, 0.25) is 0 Å². The van der Waals surface area contributed by atoms with Gasteiger partial charge in [-0.15, -0.1) is 0 Å². The van der Waals surface area contributed by atoms with E-state index < -0.39 is 11.8 Å². The zero-order valence-electron chi connectivity index (χ0n) is 8.79. The Kier molecular flexibility index (Phi) is 4.11. The largest absolute Gasteiger partial charge is 0.369 e. The Balaban J connectivity index is 2.56. The minimum Gasteiger partial charge on any atom is -0.369 e. The van der Waals surface area contributed by atoms with E-state index in [-0.39, 0.29) is 11.7 Å². The van der Waals surface area contributed by atoms with Crippen molar-refractivity contribution in [1.82, 2.24) is 0 Å². The zero-order chi connectivity index (χ0) is 10.6. The van der Waals surface area contributed by atoms with Gasteiger partial charge in [-0.05, 0) is 19.3 Å². The van der Waals surface area contributed by atoms with E-state index in [2.05, 4.69) is 0 Å². The van der Waals surface area contributed by atoms with Crippen LogP contribution in [-0.4, -0.2) is 11.7 Å². The van der Waals surface area contributed by atoms with Crippen LogP contribution >= 0.6 is 0 Å². The maximum absolute atomic E-state index is 11.9. The summed E-state index contributed by atoms with van der Waals surface area (Å²) in [7, 11) is 0. The Hall–Kier alpha value is -0.860. The quantitative estimate of drug-likeness (QED) is 0.696. The molecule has 0 heterocycles. The first-order chi connectivity index (χ1) is 6.66. The van der Waals surface area contributed by atoms with Crippen LogP contribution in [0.25, 0.3) is 0 Å². The number of primary amides is 1. The van der Waals surface area contributed by atoms with Gasteiger partial charge in [0.25, 0.3) is 0 Å². The summed E-state index contributed by atoms with van der Waals surface area (Å²) in [5, 5.41) is 0. The number of hydrogen-bond acceptors (Lipinski definition) is 2. The highest BCUT2D eigenvalue weighted by Gasteiger charge is 2.30. The molecule has 0 spiro atoms. The van der Waals surface area contributed by atoms with Gasteiger partial charge in [-0.25, -0.2) is 0 Å². The van der Waals surface area contributed by atoms with Crippen LogP contribution in [0.3, 0.4) is 0 Å². The van der Waals surface area contributed by atoms with E-state index in [1.54, 1.807) is 0 Å². The fourth-order valence-corrected chi connectivity index (χ4v) is 2.21. The molecule has 1 aliphatic carbocycles. The Morgan fingerprint density at radius 2 is 1.86 bits per heavy atom. The third-order valence-electron chi connectivity index (χ3n) is 3.10. The van der Waals surface area contributed by atoms with Crippen molar-refractivity contribution in [1.29, 1.82) is 0 Å². The summed E-state index contributed by atoms with van der Waals surface area (Å²) < 4.78 is 0. The number of Topliss-reactive ketones (excluding diaryl/α,β-unsaturated/α-hetero) is 1. The van der Waals surface area contributed by atoms with Crippen molar-refractivity contribution in [2.45, 2.75) is 45.4 Å². The van der Waals surface area contributed by atoms with Gasteiger partial charge in [-0.2, -0.15) is 0 Å². The van der Waals surface area contributed by atoms with Crippen molar-refractivity contribution in [3.63, 3.8) is 0 Å². The van der Waals surface area contributed by atoms with Gasteiger partial charge in [-0.1, -0.05) is 26.2 Å². The summed E-state index contributed by atoms with van der Waals surface area (Å²) >= 11 is 0. The van der Waals surface area contributed by atoms with Crippen LogP contribution in [0.15, 0.2) is 0 Å². The average molecular weight is 197 g/mol. The molecule has 3 nitrogen and oxygen atoms in total. The lowest BCUT2D eigenvalue weighted by atomic mass is 9.80. The number of hydrogen-bond donors (Lipinski definition) is 1. The van der Waals surface area contributed by atoms with Crippen LogP contribution < -0.4 is 5.73 Å². The second-order valence-corrected chi connectivity index (χ2v) is 4.10. The molecule has 1 rings (SSSR count). The van der Waals surface area contributed by atoms with Crippen LogP contribution in [0.1, 0.15) is 45.4 Å². The minimum absolute atomic E-state index is 0.0831. The Bertz CT molecular complexity index is 219. The lowest BCUT2D eigenvalue weighted by molar-refractivity contribution is -0.135. The molecule has 80 valence electrons. The maximum atomic E-state index is 11.9. The topological polar surface area (TPSA) is 60.2 Å². The molecule has 0 bridgehead atoms. The molecule has 1 saturated carbocycles. The van der Waals surface area contributed by atoms with Crippen molar-refractivity contribution in [3.05, 3.63) is 0 Å². The molecule has 3 heteroatoms. The van der Waals surface area contributed by atoms with Crippen LogP contribution in [0.5, 0.6) is 0 Å². The lowest BCUT2D eigenvalue weighted by Gasteiger charge is -2.23. The molecular weight excluding hydrogens is 178 g/mol. The number of carbonyl (C=O) groups excluding carboxylic acids is 2. The molecule has 1 unspecified atom stereocenters. The van der Waals surface area contributed by atoms with Crippen molar-refractivity contribution in [2.75, 3.05) is 0 Å². The number of carbonyl (C=O) groups is 2. The van der Waals surface area contributed by atoms with Crippen molar-refractivity contribution in [3.8, 4) is 0 Å². The van der Waals surface area contributed by atoms with Crippen molar-refractivity contribution in [2.24, 2.45) is 17.6 Å². The van der Waals surface area contributed by atoms with Crippen LogP contribution in [0, 0.1) is 11.8 Å². The number of nitrogens with two attached hydrogens (primary N) is 1. The SMILES string of the molecule is CCC(C(N)=O)C(=O)C1CCCCC1. The smallest absolute Gasteiger partial charge is 0.227 e. The molecule has 1 atom stereocenters. The van der Waals surface area contributed by atoms with Crippen molar-refractivity contribution >= 4 is 11.7 Å². The second-order valence-electron chi connectivity index (χ2n) is 4.10. The van der Waals surface area contributed by atoms with Gasteiger partial charge in [0.15, 0.2) is 0 Å². The second kappa shape index (κ2) is 5.13. The summed E-state index contributed by atoms with van der Waals surface area (Å²) in [4.78, 5) is 22.9. The van der Waals surface area contributed by atoms with Gasteiger partial charge in [0.05, 0.1) is 5.92 Å². The average Bonchev–Trinajstić information content (AvgIpc) is 2.19. The zero-order valence-corrected chi connectivity index (χ0v) is 8.79. The van der Waals surface area contributed by atoms with Crippen LogP contribution in [0.4, 0.5) is 0 Å². The third kappa shape index (κ3) is 2.56. The highest BCUT2D eigenvalue weighted by molar-refractivity contribution is 6.01. The summed E-state index contributed by atoms with van der Waals surface area (Å²) in [5.41, 5.74) is 5.20. The molecule has 2 N–H and O–H groups in total. The molecule has 1 aliphatic rings. The van der Waals surface area contributed by atoms with Gasteiger partial charge in [0, 0.05) is 5.92 Å². The Labute approximate surface area is 85.0 Å². The van der Waals surface area contributed by atoms with E-state index in [0.29, 0.717) is 6.42 Å². The summed E-state index contributed by atoms with van der Waals surface area (Å²) in [5.74, 6) is -0.818. The van der Waals surface area contributed by atoms with E-state index in [4.69, 9.17) is 5.73 Å². The monoisotopic (exact) mass is 197 g/mol. The number of rotatable bonds is 4. The lowest BCUT2D eigenvalue weighted by Crippen LogP contribution is -2.34. The van der Waals surface area contributed by atoms with Gasteiger partial charge in [0.1, 0.15) is 5.78 Å². The Morgan fingerprint density at radius 1 is 1.29 bits per heavy atom. The third-order valence-corrected chi connectivity index (χ3v) is 3.10. The highest BCUT2D eigenvalue weighted by atomic mass is 16.2. The first-order valence-corrected chi connectivity index (χ1v) is 5.49. The molecule has 0 aromatic heterocycles. The molecule has 0 aromatic rings. The predicted molar refractivity (Wildman–Crippen MR) is 54.6 cm³/mol. The molecule has 1 amide bonds. The van der Waals surface area contributed by atoms with Gasteiger partial charge < -0.3 is 5.73 Å². The van der Waals surface area contributed by atoms with Crippen LogP contribution in [-0.2, 0) is 9.59 Å². The molecule has 1 fully saturated rings. The summed E-state index contributed by atoms with van der Waals surface area (Å²) in [6.07, 6.45) is 5.89. The standard InChI is InChI=1S/C11H19NO2/c1-2-9(11(12)14)10(13)8-6-4-3-5-7-8/h8-9H,2-7H2,1H3,(H2,12,14). The molecule has 0 aromatic carbocycles. The van der Waals surface area contributed by atoms with E-state index >= 15 is 0 Å². The first kappa shape index (κ1) is 11.2. The number of ketones is 1. The molecule has 0 radical (unpaired) electrons. The van der Waals surface area contributed by atoms with E-state index in [0.717, 1.165) is 25.7 Å². The first-order valence-electron chi connectivity index (χ1n) is 5.49. The fourth-order valence-electron chi connectivity index (χ4n) is 2.21. The predicted octanol–water partition coefficient (Wildman–Crippen LogP) is 1.65. The molecule has 14 heavy (non-hydrogen) atoms. The van der Waals surface area contributed by atoms with Gasteiger partial charge in [0.2, 0.25) is 5.91 Å². The summed E-state index contributed by atoms with van der Waals surface area (Å²) in [6.45, 7) is 1.84. The Morgan fingerprint density at radius 3 is 2.29 bits per heavy atom. The maximum Gasteiger partial charge on any atom is 0.227 e. The normalized spacial score (nSPS) is 20.4.